The second-order valence-electron chi connectivity index (χ2n) is 2.95. The molecule has 0 bridgehead atoms. The minimum absolute atomic E-state index is 0.181. The third-order valence-electron chi connectivity index (χ3n) is 1.76. The first kappa shape index (κ1) is 11.9. The van der Waals surface area contributed by atoms with Crippen LogP contribution in [0.3, 0.4) is 0 Å². The molecule has 5 heteroatoms. The van der Waals surface area contributed by atoms with Gasteiger partial charge in [-0.2, -0.15) is 0 Å². The molecule has 0 saturated carbocycles. The van der Waals surface area contributed by atoms with Gasteiger partial charge < -0.3 is 10.2 Å². The summed E-state index contributed by atoms with van der Waals surface area (Å²) in [6, 6.07) is 1.53. The summed E-state index contributed by atoms with van der Waals surface area (Å²) in [5.74, 6) is 2.48. The standard InChI is InChI=1S/C10H11ClN2OS/c1-3-4-5-13(2)10(14)12-8-6-9(11)15-7-8/h1,6-7H,4-5H2,2H3,(H,12,14). The quantitative estimate of drug-likeness (QED) is 0.813. The summed E-state index contributed by atoms with van der Waals surface area (Å²) in [7, 11) is 1.70. The minimum Gasteiger partial charge on any atom is -0.327 e. The highest BCUT2D eigenvalue weighted by atomic mass is 35.5. The normalized spacial score (nSPS) is 9.40. The third kappa shape index (κ3) is 3.82. The fourth-order valence-electron chi connectivity index (χ4n) is 0.928. The van der Waals surface area contributed by atoms with Crippen molar-refractivity contribution in [2.45, 2.75) is 6.42 Å². The molecular formula is C10H11ClN2OS. The molecule has 0 atom stereocenters. The van der Waals surface area contributed by atoms with Gasteiger partial charge in [-0.15, -0.1) is 23.7 Å². The number of carbonyl (C=O) groups excluding carboxylic acids is 1. The van der Waals surface area contributed by atoms with E-state index in [0.717, 1.165) is 0 Å². The van der Waals surface area contributed by atoms with Crippen LogP contribution in [0.2, 0.25) is 4.34 Å². The summed E-state index contributed by atoms with van der Waals surface area (Å²) in [5.41, 5.74) is 0.711. The molecule has 0 aromatic carbocycles. The van der Waals surface area contributed by atoms with Crippen LogP contribution in [0.5, 0.6) is 0 Å². The number of thiophene rings is 1. The number of halogens is 1. The molecule has 0 fully saturated rings. The van der Waals surface area contributed by atoms with Gasteiger partial charge >= 0.3 is 6.03 Å². The van der Waals surface area contributed by atoms with Crippen LogP contribution in [0, 0.1) is 12.3 Å². The van der Waals surface area contributed by atoms with Crippen LogP contribution >= 0.6 is 22.9 Å². The van der Waals surface area contributed by atoms with Crippen LogP contribution in [0.1, 0.15) is 6.42 Å². The molecule has 0 radical (unpaired) electrons. The van der Waals surface area contributed by atoms with Crippen LogP contribution in [0.4, 0.5) is 10.5 Å². The molecule has 1 aromatic heterocycles. The lowest BCUT2D eigenvalue weighted by Gasteiger charge is -2.15. The first-order valence-corrected chi connectivity index (χ1v) is 5.59. The zero-order valence-corrected chi connectivity index (χ0v) is 9.86. The molecule has 2 amide bonds. The lowest BCUT2D eigenvalue weighted by atomic mass is 10.4. The summed E-state index contributed by atoms with van der Waals surface area (Å²) in [6.45, 7) is 0.542. The Bertz CT molecular complexity index is 383. The molecule has 0 aliphatic rings. The summed E-state index contributed by atoms with van der Waals surface area (Å²) < 4.78 is 0.650. The van der Waals surface area contributed by atoms with E-state index in [9.17, 15) is 4.79 Å². The van der Waals surface area contributed by atoms with Crippen LogP contribution in [0.25, 0.3) is 0 Å². The van der Waals surface area contributed by atoms with Crippen molar-refractivity contribution >= 4 is 34.7 Å². The van der Waals surface area contributed by atoms with Crippen LogP contribution in [-0.2, 0) is 0 Å². The number of rotatable bonds is 3. The van der Waals surface area contributed by atoms with Gasteiger partial charge in [0.05, 0.1) is 10.0 Å². The highest BCUT2D eigenvalue weighted by Gasteiger charge is 2.08. The molecule has 1 rings (SSSR count). The van der Waals surface area contributed by atoms with Crippen molar-refractivity contribution in [3.05, 3.63) is 15.8 Å². The lowest BCUT2D eigenvalue weighted by Crippen LogP contribution is -2.31. The van der Waals surface area contributed by atoms with Crippen molar-refractivity contribution in [2.24, 2.45) is 0 Å². The summed E-state index contributed by atoms with van der Waals surface area (Å²) in [5, 5.41) is 4.50. The number of hydrogen-bond donors (Lipinski definition) is 1. The fourth-order valence-corrected chi connectivity index (χ4v) is 1.74. The molecule has 15 heavy (non-hydrogen) atoms. The van der Waals surface area contributed by atoms with Gasteiger partial charge in [-0.1, -0.05) is 11.6 Å². The van der Waals surface area contributed by atoms with Gasteiger partial charge in [0.15, 0.2) is 0 Å². The Balaban J connectivity index is 2.45. The average molecular weight is 243 g/mol. The molecule has 0 aliphatic heterocycles. The first-order valence-electron chi connectivity index (χ1n) is 4.33. The Kier molecular flexibility index (Phi) is 4.47. The monoisotopic (exact) mass is 242 g/mol. The topological polar surface area (TPSA) is 32.3 Å². The van der Waals surface area contributed by atoms with Gasteiger partial charge in [-0.25, -0.2) is 4.79 Å². The molecule has 0 aliphatic carbocycles. The van der Waals surface area contributed by atoms with Gasteiger partial charge in [0.25, 0.3) is 0 Å². The summed E-state index contributed by atoms with van der Waals surface area (Å²) in [4.78, 5) is 13.1. The zero-order valence-electron chi connectivity index (χ0n) is 8.29. The number of anilines is 1. The molecule has 1 heterocycles. The van der Waals surface area contributed by atoms with E-state index in [2.05, 4.69) is 11.2 Å². The maximum atomic E-state index is 11.5. The molecule has 3 nitrogen and oxygen atoms in total. The highest BCUT2D eigenvalue weighted by Crippen LogP contribution is 2.23. The Morgan fingerprint density at radius 3 is 3.07 bits per heavy atom. The maximum absolute atomic E-state index is 11.5. The van der Waals surface area contributed by atoms with E-state index in [4.69, 9.17) is 18.0 Å². The zero-order chi connectivity index (χ0) is 11.3. The van der Waals surface area contributed by atoms with E-state index in [1.807, 2.05) is 0 Å². The summed E-state index contributed by atoms with van der Waals surface area (Å²) in [6.07, 6.45) is 5.66. The molecule has 0 saturated heterocycles. The van der Waals surface area contributed by atoms with Crippen molar-refractivity contribution in [3.63, 3.8) is 0 Å². The molecule has 80 valence electrons. The van der Waals surface area contributed by atoms with Crippen LogP contribution in [0.15, 0.2) is 11.4 Å². The molecule has 1 N–H and O–H groups in total. The van der Waals surface area contributed by atoms with Crippen LogP contribution < -0.4 is 5.32 Å². The van der Waals surface area contributed by atoms with E-state index in [0.29, 0.717) is 23.0 Å². The Labute approximate surface area is 98.0 Å². The average Bonchev–Trinajstić information content (AvgIpc) is 2.60. The first-order chi connectivity index (χ1) is 7.13. The highest BCUT2D eigenvalue weighted by molar-refractivity contribution is 7.14. The van der Waals surface area contributed by atoms with E-state index in [-0.39, 0.29) is 6.03 Å². The molecule has 1 aromatic rings. The third-order valence-corrected chi connectivity index (χ3v) is 2.85. The number of carbonyl (C=O) groups is 1. The van der Waals surface area contributed by atoms with Gasteiger partial charge in [-0.3, -0.25) is 0 Å². The lowest BCUT2D eigenvalue weighted by molar-refractivity contribution is 0.223. The number of nitrogens with one attached hydrogen (secondary N) is 1. The van der Waals surface area contributed by atoms with E-state index in [1.165, 1.54) is 16.2 Å². The summed E-state index contributed by atoms with van der Waals surface area (Å²) >= 11 is 7.11. The predicted octanol–water partition coefficient (Wildman–Crippen LogP) is 2.89. The van der Waals surface area contributed by atoms with Crippen molar-refractivity contribution in [1.82, 2.24) is 4.90 Å². The van der Waals surface area contributed by atoms with Crippen LogP contribution in [-0.4, -0.2) is 24.5 Å². The largest absolute Gasteiger partial charge is 0.327 e. The smallest absolute Gasteiger partial charge is 0.321 e. The Morgan fingerprint density at radius 2 is 2.53 bits per heavy atom. The van der Waals surface area contributed by atoms with Gasteiger partial charge in [0.1, 0.15) is 0 Å². The number of urea groups is 1. The Hall–Kier alpha value is -1.18. The molecule has 0 spiro atoms. The number of amides is 2. The van der Waals surface area contributed by atoms with Crippen molar-refractivity contribution in [2.75, 3.05) is 18.9 Å². The van der Waals surface area contributed by atoms with Crippen molar-refractivity contribution < 1.29 is 4.79 Å². The maximum Gasteiger partial charge on any atom is 0.321 e. The second-order valence-corrected chi connectivity index (χ2v) is 4.49. The SMILES string of the molecule is C#CCCN(C)C(=O)Nc1csc(Cl)c1. The minimum atomic E-state index is -0.181. The number of terminal acetylenes is 1. The molecule has 0 unspecified atom stereocenters. The van der Waals surface area contributed by atoms with E-state index >= 15 is 0 Å². The van der Waals surface area contributed by atoms with E-state index < -0.39 is 0 Å². The number of hydrogen-bond acceptors (Lipinski definition) is 2. The fraction of sp³-hybridized carbons (Fsp3) is 0.300. The molecular weight excluding hydrogens is 232 g/mol. The van der Waals surface area contributed by atoms with Gasteiger partial charge in [0.2, 0.25) is 0 Å². The van der Waals surface area contributed by atoms with Gasteiger partial charge in [-0.05, 0) is 6.07 Å². The Morgan fingerprint density at radius 1 is 1.80 bits per heavy atom. The van der Waals surface area contributed by atoms with Crippen molar-refractivity contribution in [1.29, 1.82) is 0 Å². The number of nitrogens with zero attached hydrogens (tertiary/aromatic N) is 1. The predicted molar refractivity (Wildman–Crippen MR) is 64.4 cm³/mol. The second kappa shape index (κ2) is 5.64. The van der Waals surface area contributed by atoms with Crippen molar-refractivity contribution in [3.8, 4) is 12.3 Å². The van der Waals surface area contributed by atoms with E-state index in [1.54, 1.807) is 18.5 Å². The van der Waals surface area contributed by atoms with Gasteiger partial charge in [0, 0.05) is 25.4 Å².